The third-order valence-electron chi connectivity index (χ3n) is 5.11. The van der Waals surface area contributed by atoms with Crippen LogP contribution in [0.15, 0.2) is 47.4 Å². The average molecular weight is 392 g/mol. The molecule has 0 atom stereocenters. The Hall–Kier alpha value is -3.08. The van der Waals surface area contributed by atoms with Crippen molar-refractivity contribution in [1.29, 1.82) is 0 Å². The minimum absolute atomic E-state index is 0.0713. The van der Waals surface area contributed by atoms with Crippen molar-refractivity contribution in [1.82, 2.24) is 4.98 Å². The molecule has 0 aliphatic rings. The highest BCUT2D eigenvalue weighted by Crippen LogP contribution is 2.30. The molecular formula is C24H29N3O2. The monoisotopic (exact) mass is 391 g/mol. The zero-order valence-corrected chi connectivity index (χ0v) is 17.9. The molecule has 3 rings (SSSR count). The fourth-order valence-corrected chi connectivity index (χ4v) is 3.38. The Bertz CT molecular complexity index is 1150. The molecule has 0 aliphatic carbocycles. The van der Waals surface area contributed by atoms with Crippen molar-refractivity contribution in [3.63, 3.8) is 0 Å². The van der Waals surface area contributed by atoms with Crippen molar-refractivity contribution in [2.45, 2.75) is 52.4 Å². The van der Waals surface area contributed by atoms with E-state index >= 15 is 0 Å². The summed E-state index contributed by atoms with van der Waals surface area (Å²) in [5.74, 6) is -0.461. The smallest absolute Gasteiger partial charge is 0.261 e. The Morgan fingerprint density at radius 1 is 0.966 bits per heavy atom. The maximum Gasteiger partial charge on any atom is 0.261 e. The number of nitrogens with one attached hydrogen (secondary N) is 2. The Morgan fingerprint density at radius 2 is 1.66 bits per heavy atom. The summed E-state index contributed by atoms with van der Waals surface area (Å²) >= 11 is 0. The molecule has 152 valence electrons. The number of anilines is 2. The lowest BCUT2D eigenvalue weighted by atomic mass is 9.86. The lowest BCUT2D eigenvalue weighted by molar-refractivity contribution is 0.102. The molecule has 0 radical (unpaired) electrons. The number of nitrogen functional groups attached to an aromatic ring is 1. The topological polar surface area (TPSA) is 88.0 Å². The van der Waals surface area contributed by atoms with Gasteiger partial charge in [-0.05, 0) is 46.2 Å². The number of amides is 1. The third-order valence-corrected chi connectivity index (χ3v) is 5.11. The van der Waals surface area contributed by atoms with E-state index in [2.05, 4.69) is 51.8 Å². The number of aromatic nitrogens is 1. The molecule has 1 heterocycles. The molecule has 0 fully saturated rings. The highest BCUT2D eigenvalue weighted by molar-refractivity contribution is 6.05. The van der Waals surface area contributed by atoms with Crippen LogP contribution in [-0.2, 0) is 10.8 Å². The van der Waals surface area contributed by atoms with Crippen molar-refractivity contribution in [3.8, 4) is 0 Å². The fourth-order valence-electron chi connectivity index (χ4n) is 3.38. The van der Waals surface area contributed by atoms with E-state index in [4.69, 9.17) is 5.73 Å². The number of hydrogen-bond acceptors (Lipinski definition) is 3. The first-order chi connectivity index (χ1) is 13.4. The van der Waals surface area contributed by atoms with Gasteiger partial charge in [0.05, 0.1) is 0 Å². The van der Waals surface area contributed by atoms with Gasteiger partial charge in [0.1, 0.15) is 5.56 Å². The maximum atomic E-state index is 13.0. The van der Waals surface area contributed by atoms with Gasteiger partial charge < -0.3 is 16.0 Å². The van der Waals surface area contributed by atoms with Crippen LogP contribution in [0.2, 0.25) is 0 Å². The number of pyridine rings is 1. The number of hydrogen-bond donors (Lipinski definition) is 3. The first-order valence-corrected chi connectivity index (χ1v) is 9.75. The van der Waals surface area contributed by atoms with Crippen molar-refractivity contribution < 1.29 is 4.79 Å². The summed E-state index contributed by atoms with van der Waals surface area (Å²) < 4.78 is 0. The lowest BCUT2D eigenvalue weighted by Gasteiger charge is -2.21. The van der Waals surface area contributed by atoms with Crippen molar-refractivity contribution >= 4 is 28.2 Å². The van der Waals surface area contributed by atoms with Crippen LogP contribution in [0.25, 0.3) is 10.9 Å². The fraction of sp³-hybridized carbons (Fsp3) is 0.333. The van der Waals surface area contributed by atoms with Crippen molar-refractivity contribution in [3.05, 3.63) is 69.5 Å². The van der Waals surface area contributed by atoms with Crippen LogP contribution in [0.3, 0.4) is 0 Å². The SMILES string of the molecule is CC(C)(C)c1ccc2[nH]cc(C(=O)Nc3ccc(C(C)(C)C)c(N)c3)c(=O)c2c1. The summed E-state index contributed by atoms with van der Waals surface area (Å²) in [6.07, 6.45) is 1.46. The zero-order valence-electron chi connectivity index (χ0n) is 17.9. The molecule has 5 nitrogen and oxygen atoms in total. The number of carbonyl (C=O) groups excluding carboxylic acids is 1. The molecular weight excluding hydrogens is 362 g/mol. The number of fused-ring (bicyclic) bond motifs is 1. The van der Waals surface area contributed by atoms with Crippen LogP contribution in [0.1, 0.15) is 63.0 Å². The highest BCUT2D eigenvalue weighted by atomic mass is 16.2. The van der Waals surface area contributed by atoms with Crippen molar-refractivity contribution in [2.24, 2.45) is 0 Å². The van der Waals surface area contributed by atoms with Gasteiger partial charge in [-0.2, -0.15) is 0 Å². The Kier molecular flexibility index (Phi) is 5.03. The molecule has 0 spiro atoms. The molecule has 0 bridgehead atoms. The molecule has 5 heteroatoms. The van der Waals surface area contributed by atoms with Gasteiger partial charge in [-0.1, -0.05) is 53.7 Å². The molecule has 1 aromatic heterocycles. The maximum absolute atomic E-state index is 13.0. The van der Waals surface area contributed by atoms with Gasteiger partial charge in [0, 0.05) is 28.5 Å². The average Bonchev–Trinajstić information content (AvgIpc) is 2.59. The van der Waals surface area contributed by atoms with Crippen LogP contribution < -0.4 is 16.5 Å². The molecule has 0 aliphatic heterocycles. The quantitative estimate of drug-likeness (QED) is 0.540. The van der Waals surface area contributed by atoms with Crippen LogP contribution in [0.4, 0.5) is 11.4 Å². The molecule has 4 N–H and O–H groups in total. The van der Waals surface area contributed by atoms with Gasteiger partial charge >= 0.3 is 0 Å². The number of rotatable bonds is 2. The molecule has 3 aromatic rings. The van der Waals surface area contributed by atoms with Crippen LogP contribution >= 0.6 is 0 Å². The molecule has 1 amide bonds. The second-order valence-electron chi connectivity index (χ2n) is 9.55. The zero-order chi connectivity index (χ0) is 21.6. The van der Waals surface area contributed by atoms with E-state index in [0.29, 0.717) is 22.3 Å². The number of H-pyrrole nitrogens is 1. The number of aromatic amines is 1. The van der Waals surface area contributed by atoms with Gasteiger partial charge in [0.2, 0.25) is 5.43 Å². The van der Waals surface area contributed by atoms with E-state index in [0.717, 1.165) is 11.1 Å². The summed E-state index contributed by atoms with van der Waals surface area (Å²) in [4.78, 5) is 28.8. The van der Waals surface area contributed by atoms with E-state index in [1.54, 1.807) is 6.07 Å². The molecule has 0 saturated heterocycles. The summed E-state index contributed by atoms with van der Waals surface area (Å²) in [6, 6.07) is 11.2. The lowest BCUT2D eigenvalue weighted by Crippen LogP contribution is -2.23. The van der Waals surface area contributed by atoms with Gasteiger partial charge in [0.15, 0.2) is 0 Å². The van der Waals surface area contributed by atoms with Crippen LogP contribution in [0, 0.1) is 0 Å². The van der Waals surface area contributed by atoms with Gasteiger partial charge in [-0.3, -0.25) is 9.59 Å². The number of carbonyl (C=O) groups is 1. The van der Waals surface area contributed by atoms with Gasteiger partial charge in [-0.15, -0.1) is 0 Å². The first kappa shape index (κ1) is 20.6. The minimum atomic E-state index is -0.461. The standard InChI is InChI=1S/C24H29N3O2/c1-23(2,3)14-7-10-20-16(11-14)21(28)17(13-26-20)22(29)27-15-8-9-18(19(25)12-15)24(4,5)6/h7-13H,25H2,1-6H3,(H,26,28)(H,27,29). The molecule has 29 heavy (non-hydrogen) atoms. The van der Waals surface area contributed by atoms with Gasteiger partial charge in [0.25, 0.3) is 5.91 Å². The second kappa shape index (κ2) is 7.07. The largest absolute Gasteiger partial charge is 0.398 e. The van der Waals surface area contributed by atoms with Crippen LogP contribution in [0.5, 0.6) is 0 Å². The molecule has 2 aromatic carbocycles. The van der Waals surface area contributed by atoms with Crippen molar-refractivity contribution in [2.75, 3.05) is 11.1 Å². The normalized spacial score (nSPS) is 12.2. The van der Waals surface area contributed by atoms with E-state index in [1.165, 1.54) is 6.20 Å². The Morgan fingerprint density at radius 3 is 2.24 bits per heavy atom. The second-order valence-corrected chi connectivity index (χ2v) is 9.55. The van der Waals surface area contributed by atoms with Gasteiger partial charge in [-0.25, -0.2) is 0 Å². The molecule has 0 saturated carbocycles. The van der Waals surface area contributed by atoms with E-state index in [-0.39, 0.29) is 21.8 Å². The minimum Gasteiger partial charge on any atom is -0.398 e. The number of nitrogens with two attached hydrogens (primary N) is 1. The summed E-state index contributed by atoms with van der Waals surface area (Å²) in [7, 11) is 0. The Balaban J connectivity index is 1.96. The highest BCUT2D eigenvalue weighted by Gasteiger charge is 2.19. The Labute approximate surface area is 171 Å². The van der Waals surface area contributed by atoms with Crippen LogP contribution in [-0.4, -0.2) is 10.9 Å². The first-order valence-electron chi connectivity index (χ1n) is 9.75. The third kappa shape index (κ3) is 4.19. The summed E-state index contributed by atoms with van der Waals surface area (Å²) in [6.45, 7) is 12.5. The van der Waals surface area contributed by atoms with E-state index in [9.17, 15) is 9.59 Å². The summed E-state index contributed by atoms with van der Waals surface area (Å²) in [5.41, 5.74) is 9.69. The predicted molar refractivity (Wildman–Crippen MR) is 121 cm³/mol. The predicted octanol–water partition coefficient (Wildman–Crippen LogP) is 4.96. The van der Waals surface area contributed by atoms with E-state index < -0.39 is 5.91 Å². The summed E-state index contributed by atoms with van der Waals surface area (Å²) in [5, 5.41) is 3.30. The number of benzene rings is 2. The molecule has 0 unspecified atom stereocenters. The van der Waals surface area contributed by atoms with E-state index in [1.807, 2.05) is 30.3 Å².